The van der Waals surface area contributed by atoms with Gasteiger partial charge in [0.25, 0.3) is 0 Å². The van der Waals surface area contributed by atoms with Crippen molar-refractivity contribution in [1.29, 1.82) is 0 Å². The van der Waals surface area contributed by atoms with Crippen LogP contribution in [-0.4, -0.2) is 18.9 Å². The summed E-state index contributed by atoms with van der Waals surface area (Å²) in [5.74, 6) is 0.711. The van der Waals surface area contributed by atoms with Gasteiger partial charge in [-0.15, -0.1) is 0 Å². The van der Waals surface area contributed by atoms with Crippen molar-refractivity contribution in [2.75, 3.05) is 11.9 Å². The summed E-state index contributed by atoms with van der Waals surface area (Å²) in [6, 6.07) is 4.57. The Morgan fingerprint density at radius 1 is 1.57 bits per heavy atom. The summed E-state index contributed by atoms with van der Waals surface area (Å²) in [5.41, 5.74) is 6.29. The third-order valence-corrected chi connectivity index (χ3v) is 1.77. The molecule has 0 unspecified atom stereocenters. The largest absolute Gasteiger partial charge is 0.486 e. The molecule has 1 heterocycles. The molecule has 14 heavy (non-hydrogen) atoms. The van der Waals surface area contributed by atoms with Gasteiger partial charge < -0.3 is 15.8 Å². The van der Waals surface area contributed by atoms with Gasteiger partial charge in [-0.2, -0.15) is 0 Å². The number of amides is 2. The molecule has 0 saturated heterocycles. The van der Waals surface area contributed by atoms with E-state index in [4.69, 9.17) is 10.5 Å². The van der Waals surface area contributed by atoms with Gasteiger partial charge >= 0.3 is 6.03 Å². The van der Waals surface area contributed by atoms with Crippen LogP contribution in [0.4, 0.5) is 16.2 Å². The third kappa shape index (κ3) is 1.66. The zero-order valence-electron chi connectivity index (χ0n) is 7.36. The summed E-state index contributed by atoms with van der Waals surface area (Å²) in [4.78, 5) is 14.7. The number of urea groups is 1. The lowest BCUT2D eigenvalue weighted by molar-refractivity contribution is 0.259. The van der Waals surface area contributed by atoms with Crippen LogP contribution < -0.4 is 15.8 Å². The first-order chi connectivity index (χ1) is 6.75. The van der Waals surface area contributed by atoms with Crippen LogP contribution in [0.3, 0.4) is 0 Å². The van der Waals surface area contributed by atoms with Crippen LogP contribution in [0.15, 0.2) is 23.2 Å². The number of nitrogens with two attached hydrogens (primary N) is 1. The molecule has 0 fully saturated rings. The smallest absolute Gasteiger partial charge is 0.316 e. The molecule has 2 rings (SSSR count). The number of ether oxygens (including phenoxy) is 1. The quantitative estimate of drug-likeness (QED) is 0.701. The molecule has 5 nitrogen and oxygen atoms in total. The van der Waals surface area contributed by atoms with E-state index in [9.17, 15) is 4.79 Å². The second kappa shape index (κ2) is 3.37. The Morgan fingerprint density at radius 2 is 2.43 bits per heavy atom. The maximum Gasteiger partial charge on any atom is 0.316 e. The highest BCUT2D eigenvalue weighted by Crippen LogP contribution is 2.31. The number of nitrogens with one attached hydrogen (secondary N) is 1. The maximum atomic E-state index is 10.6. The SMILES string of the molecule is NC(=O)Nc1ccc2c(c1)N=CCO2. The zero-order chi connectivity index (χ0) is 9.97. The number of fused-ring (bicyclic) bond motifs is 1. The van der Waals surface area contributed by atoms with E-state index in [2.05, 4.69) is 10.3 Å². The van der Waals surface area contributed by atoms with Gasteiger partial charge in [-0.25, -0.2) is 4.79 Å². The van der Waals surface area contributed by atoms with E-state index in [0.717, 1.165) is 0 Å². The van der Waals surface area contributed by atoms with Gasteiger partial charge in [0.05, 0.1) is 0 Å². The minimum atomic E-state index is -0.592. The number of anilines is 1. The molecule has 0 bridgehead atoms. The number of nitrogens with zero attached hydrogens (tertiary/aromatic N) is 1. The Labute approximate surface area is 80.6 Å². The second-order valence-corrected chi connectivity index (χ2v) is 2.79. The minimum absolute atomic E-state index is 0.482. The first-order valence-corrected chi connectivity index (χ1v) is 4.11. The summed E-state index contributed by atoms with van der Waals surface area (Å²) >= 11 is 0. The molecule has 1 aromatic carbocycles. The van der Waals surface area contributed by atoms with Crippen molar-refractivity contribution < 1.29 is 9.53 Å². The monoisotopic (exact) mass is 191 g/mol. The third-order valence-electron chi connectivity index (χ3n) is 1.77. The average molecular weight is 191 g/mol. The Hall–Kier alpha value is -2.04. The Bertz CT molecular complexity index is 401. The molecule has 0 radical (unpaired) electrons. The molecule has 1 aliphatic rings. The Balaban J connectivity index is 2.30. The lowest BCUT2D eigenvalue weighted by atomic mass is 10.2. The summed E-state index contributed by atoms with van der Waals surface area (Å²) in [5, 5.41) is 2.46. The van der Waals surface area contributed by atoms with Gasteiger partial charge in [0.15, 0.2) is 0 Å². The van der Waals surface area contributed by atoms with E-state index >= 15 is 0 Å². The molecule has 0 aromatic heterocycles. The number of aliphatic imine (C=N–C) groups is 1. The molecular formula is C9H9N3O2. The number of hydrogen-bond donors (Lipinski definition) is 2. The average Bonchev–Trinajstić information content (AvgIpc) is 2.17. The lowest BCUT2D eigenvalue weighted by Crippen LogP contribution is -2.19. The van der Waals surface area contributed by atoms with Crippen molar-refractivity contribution in [3.8, 4) is 5.75 Å². The minimum Gasteiger partial charge on any atom is -0.486 e. The fraction of sp³-hybridized carbons (Fsp3) is 0.111. The normalized spacial score (nSPS) is 12.9. The predicted molar refractivity (Wildman–Crippen MR) is 53.3 cm³/mol. The first-order valence-electron chi connectivity index (χ1n) is 4.11. The number of hydrogen-bond acceptors (Lipinski definition) is 3. The van der Waals surface area contributed by atoms with Crippen molar-refractivity contribution in [3.05, 3.63) is 18.2 Å². The van der Waals surface area contributed by atoms with Crippen LogP contribution in [0, 0.1) is 0 Å². The topological polar surface area (TPSA) is 76.7 Å². The molecule has 1 aromatic rings. The number of benzene rings is 1. The molecule has 72 valence electrons. The van der Waals surface area contributed by atoms with Crippen molar-refractivity contribution in [3.63, 3.8) is 0 Å². The zero-order valence-corrected chi connectivity index (χ0v) is 7.36. The number of carbonyl (C=O) groups is 1. The standard InChI is InChI=1S/C9H9N3O2/c10-9(13)12-6-1-2-8-7(5-6)11-3-4-14-8/h1-3,5H,4H2,(H3,10,12,13). The fourth-order valence-corrected chi connectivity index (χ4v) is 1.22. The number of primary amides is 1. The molecule has 0 aliphatic carbocycles. The highest BCUT2D eigenvalue weighted by molar-refractivity contribution is 5.89. The first kappa shape index (κ1) is 8.55. The van der Waals surface area contributed by atoms with Crippen molar-refractivity contribution in [1.82, 2.24) is 0 Å². The van der Waals surface area contributed by atoms with E-state index < -0.39 is 6.03 Å². The van der Waals surface area contributed by atoms with E-state index in [1.54, 1.807) is 24.4 Å². The number of rotatable bonds is 1. The molecule has 1 aliphatic heterocycles. The van der Waals surface area contributed by atoms with Gasteiger partial charge in [0, 0.05) is 11.9 Å². The summed E-state index contributed by atoms with van der Waals surface area (Å²) in [7, 11) is 0. The van der Waals surface area contributed by atoms with E-state index in [-0.39, 0.29) is 0 Å². The highest BCUT2D eigenvalue weighted by atomic mass is 16.5. The molecule has 2 amide bonds. The van der Waals surface area contributed by atoms with Crippen molar-refractivity contribution in [2.45, 2.75) is 0 Å². The Kier molecular flexibility index (Phi) is 2.06. The van der Waals surface area contributed by atoms with Crippen LogP contribution in [0.2, 0.25) is 0 Å². The van der Waals surface area contributed by atoms with Gasteiger partial charge in [-0.3, -0.25) is 4.99 Å². The predicted octanol–water partition coefficient (Wildman–Crippen LogP) is 1.27. The van der Waals surface area contributed by atoms with Crippen LogP contribution in [0.5, 0.6) is 5.75 Å². The van der Waals surface area contributed by atoms with Crippen LogP contribution in [-0.2, 0) is 0 Å². The molecule has 0 spiro atoms. The van der Waals surface area contributed by atoms with Crippen molar-refractivity contribution >= 4 is 23.6 Å². The maximum absolute atomic E-state index is 10.6. The second-order valence-electron chi connectivity index (χ2n) is 2.79. The van der Waals surface area contributed by atoms with E-state index in [1.807, 2.05) is 0 Å². The Morgan fingerprint density at radius 3 is 3.21 bits per heavy atom. The van der Waals surface area contributed by atoms with Gasteiger partial charge in [-0.05, 0) is 18.2 Å². The molecular weight excluding hydrogens is 182 g/mol. The fourth-order valence-electron chi connectivity index (χ4n) is 1.22. The lowest BCUT2D eigenvalue weighted by Gasteiger charge is -2.12. The summed E-state index contributed by atoms with van der Waals surface area (Å²) < 4.78 is 5.29. The molecule has 0 saturated carbocycles. The summed E-state index contributed by atoms with van der Waals surface area (Å²) in [6.07, 6.45) is 1.66. The number of carbonyl (C=O) groups excluding carboxylic acids is 1. The van der Waals surface area contributed by atoms with E-state index in [0.29, 0.717) is 23.7 Å². The molecule has 0 atom stereocenters. The molecule has 3 N–H and O–H groups in total. The molecule has 5 heteroatoms. The van der Waals surface area contributed by atoms with Crippen LogP contribution in [0.25, 0.3) is 0 Å². The van der Waals surface area contributed by atoms with Crippen LogP contribution in [0.1, 0.15) is 0 Å². The van der Waals surface area contributed by atoms with E-state index in [1.165, 1.54) is 0 Å². The van der Waals surface area contributed by atoms with Crippen molar-refractivity contribution in [2.24, 2.45) is 10.7 Å². The van der Waals surface area contributed by atoms with Crippen LogP contribution >= 0.6 is 0 Å². The van der Waals surface area contributed by atoms with Gasteiger partial charge in [0.2, 0.25) is 0 Å². The van der Waals surface area contributed by atoms with Gasteiger partial charge in [-0.1, -0.05) is 0 Å². The highest BCUT2D eigenvalue weighted by Gasteiger charge is 2.07. The van der Waals surface area contributed by atoms with Gasteiger partial charge in [0.1, 0.15) is 18.0 Å². The summed E-state index contributed by atoms with van der Waals surface area (Å²) in [6.45, 7) is 0.482.